The van der Waals surface area contributed by atoms with Crippen LogP contribution in [0.25, 0.3) is 10.9 Å². The molecule has 0 amide bonds. The smallest absolute Gasteiger partial charge is 0.258 e. The minimum atomic E-state index is -0.102. The van der Waals surface area contributed by atoms with Crippen LogP contribution >= 0.6 is 12.6 Å². The molecule has 0 radical (unpaired) electrons. The van der Waals surface area contributed by atoms with E-state index in [2.05, 4.69) is 22.6 Å². The van der Waals surface area contributed by atoms with Crippen molar-refractivity contribution >= 4 is 23.5 Å². The Balaban J connectivity index is 2.85. The predicted molar refractivity (Wildman–Crippen MR) is 55.1 cm³/mol. The Hall–Kier alpha value is -1.29. The van der Waals surface area contributed by atoms with E-state index in [1.807, 2.05) is 18.2 Å². The van der Waals surface area contributed by atoms with Crippen molar-refractivity contribution in [1.82, 2.24) is 9.97 Å². The molecule has 0 fully saturated rings. The molecule has 0 aliphatic rings. The zero-order valence-electron chi connectivity index (χ0n) is 6.82. The van der Waals surface area contributed by atoms with Crippen LogP contribution in [0.2, 0.25) is 0 Å². The maximum Gasteiger partial charge on any atom is 0.258 e. The van der Waals surface area contributed by atoms with Gasteiger partial charge in [-0.05, 0) is 12.1 Å². The molecular weight excluding hydrogens is 184 g/mol. The molecule has 0 saturated heterocycles. The molecule has 0 unspecified atom stereocenters. The molecule has 0 aliphatic heterocycles. The van der Waals surface area contributed by atoms with E-state index in [1.54, 1.807) is 6.07 Å². The van der Waals surface area contributed by atoms with Gasteiger partial charge in [-0.3, -0.25) is 4.79 Å². The summed E-state index contributed by atoms with van der Waals surface area (Å²) in [5.41, 5.74) is 0.616. The topological polar surface area (TPSA) is 45.8 Å². The van der Waals surface area contributed by atoms with Crippen LogP contribution in [0.1, 0.15) is 5.82 Å². The van der Waals surface area contributed by atoms with E-state index in [-0.39, 0.29) is 5.56 Å². The van der Waals surface area contributed by atoms with Crippen molar-refractivity contribution in [2.24, 2.45) is 0 Å². The Morgan fingerprint density at radius 3 is 2.92 bits per heavy atom. The van der Waals surface area contributed by atoms with E-state index in [4.69, 9.17) is 0 Å². The zero-order chi connectivity index (χ0) is 9.26. The van der Waals surface area contributed by atoms with E-state index in [9.17, 15) is 4.79 Å². The van der Waals surface area contributed by atoms with Gasteiger partial charge in [0, 0.05) is 5.75 Å². The Kier molecular flexibility index (Phi) is 2.06. The SMILES string of the molecule is O=c1[nH]c(CS)nc2ccccc12. The van der Waals surface area contributed by atoms with Gasteiger partial charge in [0.2, 0.25) is 0 Å². The average Bonchev–Trinajstić information content (AvgIpc) is 2.18. The largest absolute Gasteiger partial charge is 0.309 e. The molecule has 2 aromatic rings. The number of nitrogens with one attached hydrogen (secondary N) is 1. The van der Waals surface area contributed by atoms with Gasteiger partial charge in [0.05, 0.1) is 10.9 Å². The van der Waals surface area contributed by atoms with Crippen LogP contribution in [0.4, 0.5) is 0 Å². The highest BCUT2D eigenvalue weighted by molar-refractivity contribution is 7.79. The van der Waals surface area contributed by atoms with E-state index >= 15 is 0 Å². The quantitative estimate of drug-likeness (QED) is 0.670. The number of thiol groups is 1. The van der Waals surface area contributed by atoms with Crippen LogP contribution in [-0.2, 0) is 5.75 Å². The first kappa shape index (κ1) is 8.31. The van der Waals surface area contributed by atoms with Crippen molar-refractivity contribution in [2.45, 2.75) is 5.75 Å². The van der Waals surface area contributed by atoms with Gasteiger partial charge in [-0.15, -0.1) is 0 Å². The Morgan fingerprint density at radius 2 is 2.15 bits per heavy atom. The van der Waals surface area contributed by atoms with Crippen LogP contribution in [0.15, 0.2) is 29.1 Å². The van der Waals surface area contributed by atoms with Crippen molar-refractivity contribution in [3.63, 3.8) is 0 Å². The summed E-state index contributed by atoms with van der Waals surface area (Å²) in [4.78, 5) is 18.3. The van der Waals surface area contributed by atoms with Crippen molar-refractivity contribution in [2.75, 3.05) is 0 Å². The van der Waals surface area contributed by atoms with Gasteiger partial charge < -0.3 is 4.98 Å². The number of para-hydroxylation sites is 1. The van der Waals surface area contributed by atoms with Crippen LogP contribution in [0.3, 0.4) is 0 Å². The molecule has 13 heavy (non-hydrogen) atoms. The second-order valence-electron chi connectivity index (χ2n) is 2.69. The van der Waals surface area contributed by atoms with Gasteiger partial charge in [0.25, 0.3) is 5.56 Å². The fraction of sp³-hybridized carbons (Fsp3) is 0.111. The number of hydrogen-bond acceptors (Lipinski definition) is 3. The molecule has 0 bridgehead atoms. The molecule has 0 saturated carbocycles. The molecule has 1 aromatic carbocycles. The van der Waals surface area contributed by atoms with Gasteiger partial charge in [-0.2, -0.15) is 12.6 Å². The monoisotopic (exact) mass is 192 g/mol. The van der Waals surface area contributed by atoms with Crippen LogP contribution < -0.4 is 5.56 Å². The lowest BCUT2D eigenvalue weighted by atomic mass is 10.2. The molecule has 1 N–H and O–H groups in total. The van der Waals surface area contributed by atoms with Crippen molar-refractivity contribution in [3.05, 3.63) is 40.4 Å². The molecule has 3 nitrogen and oxygen atoms in total. The number of aromatic nitrogens is 2. The van der Waals surface area contributed by atoms with Gasteiger partial charge in [-0.1, -0.05) is 12.1 Å². The summed E-state index contributed by atoms with van der Waals surface area (Å²) >= 11 is 4.05. The summed E-state index contributed by atoms with van der Waals surface area (Å²) in [6.07, 6.45) is 0. The molecule has 0 spiro atoms. The second-order valence-corrected chi connectivity index (χ2v) is 3.00. The van der Waals surface area contributed by atoms with E-state index < -0.39 is 0 Å². The number of aromatic amines is 1. The third-order valence-electron chi connectivity index (χ3n) is 1.81. The fourth-order valence-corrected chi connectivity index (χ4v) is 1.36. The van der Waals surface area contributed by atoms with Gasteiger partial charge in [0.1, 0.15) is 5.82 Å². The lowest BCUT2D eigenvalue weighted by Crippen LogP contribution is -2.10. The Labute approximate surface area is 80.2 Å². The first-order valence-corrected chi connectivity index (χ1v) is 4.53. The number of H-pyrrole nitrogens is 1. The fourth-order valence-electron chi connectivity index (χ4n) is 1.21. The summed E-state index contributed by atoms with van der Waals surface area (Å²) < 4.78 is 0. The molecule has 4 heteroatoms. The number of benzene rings is 1. The number of hydrogen-bond donors (Lipinski definition) is 2. The van der Waals surface area contributed by atoms with E-state index in [0.29, 0.717) is 17.0 Å². The summed E-state index contributed by atoms with van der Waals surface area (Å²) in [6, 6.07) is 7.25. The summed E-state index contributed by atoms with van der Waals surface area (Å²) in [5.74, 6) is 1.05. The molecule has 0 atom stereocenters. The first-order chi connectivity index (χ1) is 6.31. The summed E-state index contributed by atoms with van der Waals surface area (Å²) in [5, 5.41) is 0.619. The third-order valence-corrected chi connectivity index (χ3v) is 2.11. The average molecular weight is 192 g/mol. The number of rotatable bonds is 1. The molecule has 2 rings (SSSR count). The maximum atomic E-state index is 11.4. The standard InChI is InChI=1S/C9H8N2OS/c12-9-6-3-1-2-4-7(6)10-8(5-13)11-9/h1-4,13H,5H2,(H,10,11,12). The van der Waals surface area contributed by atoms with E-state index in [0.717, 1.165) is 5.52 Å². The lowest BCUT2D eigenvalue weighted by molar-refractivity contribution is 1.04. The summed E-state index contributed by atoms with van der Waals surface area (Å²) in [6.45, 7) is 0. The highest BCUT2D eigenvalue weighted by Crippen LogP contribution is 2.05. The minimum absolute atomic E-state index is 0.102. The Bertz CT molecular complexity index is 492. The highest BCUT2D eigenvalue weighted by Gasteiger charge is 2.00. The molecule has 0 aliphatic carbocycles. The van der Waals surface area contributed by atoms with Gasteiger partial charge in [0.15, 0.2) is 0 Å². The van der Waals surface area contributed by atoms with Gasteiger partial charge >= 0.3 is 0 Å². The zero-order valence-corrected chi connectivity index (χ0v) is 7.71. The number of fused-ring (bicyclic) bond motifs is 1. The maximum absolute atomic E-state index is 11.4. The minimum Gasteiger partial charge on any atom is -0.309 e. The predicted octanol–water partition coefficient (Wildman–Crippen LogP) is 1.35. The van der Waals surface area contributed by atoms with Crippen molar-refractivity contribution < 1.29 is 0 Å². The molecular formula is C9H8N2OS. The second kappa shape index (κ2) is 3.22. The van der Waals surface area contributed by atoms with Gasteiger partial charge in [-0.25, -0.2) is 4.98 Å². The van der Waals surface area contributed by atoms with Crippen molar-refractivity contribution in [3.8, 4) is 0 Å². The van der Waals surface area contributed by atoms with Crippen LogP contribution in [-0.4, -0.2) is 9.97 Å². The lowest BCUT2D eigenvalue weighted by Gasteiger charge is -1.98. The summed E-state index contributed by atoms with van der Waals surface area (Å²) in [7, 11) is 0. The first-order valence-electron chi connectivity index (χ1n) is 3.90. The van der Waals surface area contributed by atoms with E-state index in [1.165, 1.54) is 0 Å². The molecule has 66 valence electrons. The van der Waals surface area contributed by atoms with Crippen molar-refractivity contribution in [1.29, 1.82) is 0 Å². The Morgan fingerprint density at radius 1 is 1.38 bits per heavy atom. The molecule has 1 aromatic heterocycles. The third kappa shape index (κ3) is 1.45. The van der Waals surface area contributed by atoms with Crippen LogP contribution in [0, 0.1) is 0 Å². The van der Waals surface area contributed by atoms with Crippen LogP contribution in [0.5, 0.6) is 0 Å². The molecule has 1 heterocycles. The normalized spacial score (nSPS) is 10.5. The highest BCUT2D eigenvalue weighted by atomic mass is 32.1. The number of nitrogens with zero attached hydrogens (tertiary/aromatic N) is 1.